The van der Waals surface area contributed by atoms with E-state index in [1.54, 1.807) is 30.4 Å². The first-order valence-electron chi connectivity index (χ1n) is 8.91. The molecule has 4 rings (SSSR count). The normalized spacial score (nSPS) is 15.1. The van der Waals surface area contributed by atoms with Gasteiger partial charge in [-0.25, -0.2) is 4.98 Å². The Morgan fingerprint density at radius 2 is 2.04 bits per heavy atom. The van der Waals surface area contributed by atoms with Crippen LogP contribution in [0.5, 0.6) is 0 Å². The van der Waals surface area contributed by atoms with Crippen molar-refractivity contribution in [2.45, 2.75) is 25.7 Å². The fraction of sp³-hybridized carbons (Fsp3) is 0.286. The number of hydrogen-bond acceptors (Lipinski definition) is 5. The van der Waals surface area contributed by atoms with Crippen molar-refractivity contribution in [2.24, 2.45) is 0 Å². The number of nitrogens with zero attached hydrogens (tertiary/aromatic N) is 3. The van der Waals surface area contributed by atoms with E-state index in [2.05, 4.69) is 11.0 Å². The first-order valence-corrected chi connectivity index (χ1v) is 10.1. The Labute approximate surface area is 167 Å². The number of benzene rings is 2. The van der Waals surface area contributed by atoms with Gasteiger partial charge in [0.2, 0.25) is 0 Å². The predicted molar refractivity (Wildman–Crippen MR) is 110 cm³/mol. The summed E-state index contributed by atoms with van der Waals surface area (Å²) < 4.78 is 1.16. The molecule has 1 aliphatic heterocycles. The zero-order chi connectivity index (χ0) is 19.0. The van der Waals surface area contributed by atoms with E-state index >= 15 is 0 Å². The second-order valence-corrected chi connectivity index (χ2v) is 8.32. The Morgan fingerprint density at radius 3 is 2.74 bits per heavy atom. The van der Waals surface area contributed by atoms with Crippen LogP contribution < -0.4 is 4.90 Å². The molecular weight excluding hydrogens is 378 g/mol. The zero-order valence-corrected chi connectivity index (χ0v) is 16.5. The first-order chi connectivity index (χ1) is 13.0. The highest BCUT2D eigenvalue weighted by Crippen LogP contribution is 2.36. The Bertz CT molecular complexity index is 1060. The van der Waals surface area contributed by atoms with E-state index in [1.165, 1.54) is 0 Å². The molecule has 0 aliphatic carbocycles. The molecule has 27 heavy (non-hydrogen) atoms. The Hall–Kier alpha value is -2.42. The fourth-order valence-corrected chi connectivity index (χ4v) is 4.90. The van der Waals surface area contributed by atoms with Crippen molar-refractivity contribution in [3.8, 4) is 6.07 Å². The highest BCUT2D eigenvalue weighted by molar-refractivity contribution is 7.18. The lowest BCUT2D eigenvalue weighted by atomic mass is 9.95. The molecule has 0 spiro atoms. The number of nitriles is 1. The number of fused-ring (bicyclic) bond motifs is 1. The maximum absolute atomic E-state index is 12.0. The molecule has 0 N–H and O–H groups in total. The van der Waals surface area contributed by atoms with E-state index in [1.807, 2.05) is 24.3 Å². The second kappa shape index (κ2) is 7.30. The third kappa shape index (κ3) is 3.55. The summed E-state index contributed by atoms with van der Waals surface area (Å²) in [5.74, 6) is 0.442. The average Bonchev–Trinajstić information content (AvgIpc) is 3.10. The van der Waals surface area contributed by atoms with Gasteiger partial charge in [-0.3, -0.25) is 4.79 Å². The van der Waals surface area contributed by atoms with Gasteiger partial charge in [0.25, 0.3) is 0 Å². The summed E-state index contributed by atoms with van der Waals surface area (Å²) in [6.45, 7) is 3.26. The van der Waals surface area contributed by atoms with Gasteiger partial charge in [0.15, 0.2) is 5.78 Å². The minimum Gasteiger partial charge on any atom is -0.371 e. The number of piperidine rings is 1. The van der Waals surface area contributed by atoms with Crippen LogP contribution in [0.4, 0.5) is 5.69 Å². The number of aromatic nitrogens is 1. The second-order valence-electron chi connectivity index (χ2n) is 6.83. The van der Waals surface area contributed by atoms with Crippen LogP contribution in [0.25, 0.3) is 10.2 Å². The number of rotatable bonds is 3. The van der Waals surface area contributed by atoms with Gasteiger partial charge in [-0.15, -0.1) is 11.3 Å². The lowest BCUT2D eigenvalue weighted by Crippen LogP contribution is -2.33. The smallest absolute Gasteiger partial charge is 0.161 e. The summed E-state index contributed by atoms with van der Waals surface area (Å²) in [5, 5.41) is 11.1. The van der Waals surface area contributed by atoms with Gasteiger partial charge in [0.05, 0.1) is 26.9 Å². The van der Waals surface area contributed by atoms with E-state index in [0.29, 0.717) is 22.1 Å². The monoisotopic (exact) mass is 395 g/mol. The minimum absolute atomic E-state index is 0.0275. The largest absolute Gasteiger partial charge is 0.371 e. The van der Waals surface area contributed by atoms with Crippen LogP contribution >= 0.6 is 22.9 Å². The quantitative estimate of drug-likeness (QED) is 0.556. The van der Waals surface area contributed by atoms with Gasteiger partial charge in [-0.05, 0) is 56.2 Å². The molecule has 1 aliphatic rings. The summed E-state index contributed by atoms with van der Waals surface area (Å²) in [6, 6.07) is 13.3. The third-order valence-corrected chi connectivity index (χ3v) is 6.49. The molecule has 136 valence electrons. The summed E-state index contributed by atoms with van der Waals surface area (Å²) in [5.41, 5.74) is 3.10. The van der Waals surface area contributed by atoms with E-state index in [9.17, 15) is 10.1 Å². The first kappa shape index (κ1) is 18.0. The third-order valence-electron chi connectivity index (χ3n) is 5.06. The lowest BCUT2D eigenvalue weighted by Gasteiger charge is -2.34. The molecule has 2 aromatic carbocycles. The number of ketones is 1. The van der Waals surface area contributed by atoms with Crippen molar-refractivity contribution in [3.63, 3.8) is 0 Å². The highest BCUT2D eigenvalue weighted by Gasteiger charge is 2.25. The van der Waals surface area contributed by atoms with Crippen molar-refractivity contribution < 1.29 is 4.79 Å². The van der Waals surface area contributed by atoms with Crippen LogP contribution in [0.2, 0.25) is 5.02 Å². The van der Waals surface area contributed by atoms with Gasteiger partial charge < -0.3 is 4.90 Å². The van der Waals surface area contributed by atoms with E-state index < -0.39 is 0 Å². The van der Waals surface area contributed by atoms with Gasteiger partial charge in [-0.2, -0.15) is 5.26 Å². The van der Waals surface area contributed by atoms with Gasteiger partial charge >= 0.3 is 0 Å². The predicted octanol–water partition coefficient (Wildman–Crippen LogP) is 5.41. The standard InChI is InChI=1S/C21H18ClN3OS/c1-13(26)17-4-2-14(12-23)10-19(17)25-8-6-15(7-9-25)21-24-18-11-16(22)3-5-20(18)27-21/h2-5,10-11,15H,6-9H2,1H3. The Kier molecular flexibility index (Phi) is 4.86. The molecule has 3 aromatic rings. The van der Waals surface area contributed by atoms with Crippen LogP contribution in [-0.2, 0) is 0 Å². The van der Waals surface area contributed by atoms with Crippen molar-refractivity contribution in [2.75, 3.05) is 18.0 Å². The molecule has 0 saturated carbocycles. The van der Waals surface area contributed by atoms with Crippen LogP contribution in [0, 0.1) is 11.3 Å². The summed E-state index contributed by atoms with van der Waals surface area (Å²) >= 11 is 7.81. The Morgan fingerprint density at radius 1 is 1.26 bits per heavy atom. The van der Waals surface area contributed by atoms with Crippen LogP contribution in [-0.4, -0.2) is 23.9 Å². The number of hydrogen-bond donors (Lipinski definition) is 0. The zero-order valence-electron chi connectivity index (χ0n) is 14.9. The highest BCUT2D eigenvalue weighted by atomic mass is 35.5. The van der Waals surface area contributed by atoms with Crippen molar-refractivity contribution >= 4 is 44.6 Å². The maximum Gasteiger partial charge on any atom is 0.161 e. The molecule has 0 unspecified atom stereocenters. The minimum atomic E-state index is 0.0275. The molecule has 0 radical (unpaired) electrons. The molecule has 1 aromatic heterocycles. The van der Waals surface area contributed by atoms with Gasteiger partial charge in [0.1, 0.15) is 0 Å². The molecule has 6 heteroatoms. The SMILES string of the molecule is CC(=O)c1ccc(C#N)cc1N1CCC(c2nc3cc(Cl)ccc3s2)CC1. The molecule has 1 saturated heterocycles. The van der Waals surface area contributed by atoms with E-state index in [-0.39, 0.29) is 5.78 Å². The lowest BCUT2D eigenvalue weighted by molar-refractivity contribution is 0.101. The van der Waals surface area contributed by atoms with E-state index in [0.717, 1.165) is 46.8 Å². The van der Waals surface area contributed by atoms with Gasteiger partial charge in [-0.1, -0.05) is 11.6 Å². The number of carbonyl (C=O) groups is 1. The summed E-state index contributed by atoms with van der Waals surface area (Å²) in [7, 11) is 0. The number of halogens is 1. The molecule has 2 heterocycles. The van der Waals surface area contributed by atoms with Crippen LogP contribution in [0.3, 0.4) is 0 Å². The summed E-state index contributed by atoms with van der Waals surface area (Å²) in [4.78, 5) is 19.0. The molecule has 0 bridgehead atoms. The fourth-order valence-electron chi connectivity index (χ4n) is 3.62. The van der Waals surface area contributed by atoms with E-state index in [4.69, 9.17) is 16.6 Å². The average molecular weight is 396 g/mol. The maximum atomic E-state index is 12.0. The van der Waals surface area contributed by atoms with Crippen molar-refractivity contribution in [3.05, 3.63) is 57.6 Å². The topological polar surface area (TPSA) is 57.0 Å². The summed E-state index contributed by atoms with van der Waals surface area (Å²) in [6.07, 6.45) is 1.95. The van der Waals surface area contributed by atoms with Gasteiger partial charge in [0, 0.05) is 35.3 Å². The number of carbonyl (C=O) groups excluding carboxylic acids is 1. The molecular formula is C21H18ClN3OS. The molecule has 0 atom stereocenters. The van der Waals surface area contributed by atoms with Crippen molar-refractivity contribution in [1.29, 1.82) is 5.26 Å². The van der Waals surface area contributed by atoms with Crippen LogP contribution in [0.15, 0.2) is 36.4 Å². The van der Waals surface area contributed by atoms with Crippen LogP contribution in [0.1, 0.15) is 46.6 Å². The molecule has 1 fully saturated rings. The van der Waals surface area contributed by atoms with Crippen molar-refractivity contribution in [1.82, 2.24) is 4.98 Å². The molecule has 0 amide bonds. The Balaban J connectivity index is 1.55. The number of Topliss-reactive ketones (excluding diaryl/α,β-unsaturated/α-hetero) is 1. The molecule has 4 nitrogen and oxygen atoms in total. The number of thiazole rings is 1. The number of anilines is 1.